The van der Waals surface area contributed by atoms with Crippen molar-refractivity contribution in [2.75, 3.05) is 7.05 Å². The molecule has 0 atom stereocenters. The van der Waals surface area contributed by atoms with Gasteiger partial charge in [-0.15, -0.1) is 0 Å². The van der Waals surface area contributed by atoms with Crippen LogP contribution in [0.2, 0.25) is 5.02 Å². The quantitative estimate of drug-likeness (QED) is 0.900. The van der Waals surface area contributed by atoms with Crippen molar-refractivity contribution in [1.82, 2.24) is 10.3 Å². The number of rotatable bonds is 4. The summed E-state index contributed by atoms with van der Waals surface area (Å²) in [6.45, 7) is 7.25. The normalized spacial score (nSPS) is 11.5. The second-order valence-electron chi connectivity index (χ2n) is 6.02. The molecule has 0 aliphatic carbocycles. The third-order valence-corrected chi connectivity index (χ3v) is 3.56. The summed E-state index contributed by atoms with van der Waals surface area (Å²) in [6.07, 6.45) is 1.62. The maximum Gasteiger partial charge on any atom is 0.219 e. The summed E-state index contributed by atoms with van der Waals surface area (Å²) >= 11 is 6.09. The Morgan fingerprint density at radius 1 is 1.19 bits per heavy atom. The molecule has 4 heteroatoms. The number of nitrogens with one attached hydrogen (secondary N) is 1. The predicted octanol–water partition coefficient (Wildman–Crippen LogP) is 4.54. The second-order valence-corrected chi connectivity index (χ2v) is 6.43. The van der Waals surface area contributed by atoms with Gasteiger partial charge in [0, 0.05) is 18.8 Å². The Balaban J connectivity index is 2.16. The highest BCUT2D eigenvalue weighted by atomic mass is 35.5. The van der Waals surface area contributed by atoms with Crippen molar-refractivity contribution in [2.45, 2.75) is 32.7 Å². The summed E-state index contributed by atoms with van der Waals surface area (Å²) in [5, 5.41) is 3.71. The van der Waals surface area contributed by atoms with E-state index < -0.39 is 0 Å². The molecule has 1 aromatic heterocycles. The van der Waals surface area contributed by atoms with Gasteiger partial charge in [0.25, 0.3) is 0 Å². The van der Waals surface area contributed by atoms with E-state index in [0.717, 1.165) is 11.3 Å². The highest BCUT2D eigenvalue weighted by molar-refractivity contribution is 6.31. The van der Waals surface area contributed by atoms with Crippen molar-refractivity contribution in [3.05, 3.63) is 52.7 Å². The largest absolute Gasteiger partial charge is 0.439 e. The third kappa shape index (κ3) is 4.19. The van der Waals surface area contributed by atoms with Gasteiger partial charge >= 0.3 is 0 Å². The van der Waals surface area contributed by atoms with Crippen molar-refractivity contribution >= 4 is 11.6 Å². The van der Waals surface area contributed by atoms with E-state index in [1.54, 1.807) is 6.20 Å². The molecule has 1 N–H and O–H groups in total. The lowest BCUT2D eigenvalue weighted by molar-refractivity contribution is 0.461. The zero-order valence-corrected chi connectivity index (χ0v) is 13.7. The molecule has 0 aliphatic rings. The van der Waals surface area contributed by atoms with Gasteiger partial charge in [0.1, 0.15) is 5.75 Å². The van der Waals surface area contributed by atoms with Gasteiger partial charge in [-0.25, -0.2) is 4.98 Å². The molecule has 0 radical (unpaired) electrons. The predicted molar refractivity (Wildman–Crippen MR) is 87.2 cm³/mol. The summed E-state index contributed by atoms with van der Waals surface area (Å²) in [4.78, 5) is 4.21. The van der Waals surface area contributed by atoms with Gasteiger partial charge in [-0.2, -0.15) is 0 Å². The summed E-state index contributed by atoms with van der Waals surface area (Å²) in [5.41, 5.74) is 2.38. The van der Waals surface area contributed by atoms with Crippen LogP contribution >= 0.6 is 11.6 Å². The SMILES string of the molecule is CNCc1cc(Oc2ccc(C(C)(C)C)cc2)ncc1Cl. The molecule has 2 rings (SSSR count). The molecule has 2 aromatic rings. The zero-order chi connectivity index (χ0) is 15.5. The van der Waals surface area contributed by atoms with E-state index in [9.17, 15) is 0 Å². The molecule has 0 aliphatic heterocycles. The zero-order valence-electron chi connectivity index (χ0n) is 12.9. The summed E-state index contributed by atoms with van der Waals surface area (Å²) in [5.74, 6) is 1.32. The van der Waals surface area contributed by atoms with Crippen LogP contribution in [0.1, 0.15) is 31.9 Å². The molecular weight excluding hydrogens is 284 g/mol. The Morgan fingerprint density at radius 2 is 1.86 bits per heavy atom. The molecule has 0 saturated heterocycles. The Kier molecular flexibility index (Phi) is 4.86. The van der Waals surface area contributed by atoms with E-state index in [1.807, 2.05) is 25.2 Å². The molecule has 0 fully saturated rings. The topological polar surface area (TPSA) is 34.1 Å². The van der Waals surface area contributed by atoms with Crippen molar-refractivity contribution in [1.29, 1.82) is 0 Å². The Hall–Kier alpha value is -1.58. The maximum atomic E-state index is 6.09. The van der Waals surface area contributed by atoms with Crippen LogP contribution in [0, 0.1) is 0 Å². The Bertz CT molecular complexity index is 603. The molecule has 112 valence electrons. The van der Waals surface area contributed by atoms with E-state index in [1.165, 1.54) is 5.56 Å². The van der Waals surface area contributed by atoms with E-state index in [0.29, 0.717) is 17.4 Å². The van der Waals surface area contributed by atoms with Crippen molar-refractivity contribution in [3.63, 3.8) is 0 Å². The number of nitrogens with zero attached hydrogens (tertiary/aromatic N) is 1. The second kappa shape index (κ2) is 6.46. The van der Waals surface area contributed by atoms with E-state index >= 15 is 0 Å². The van der Waals surface area contributed by atoms with E-state index in [4.69, 9.17) is 16.3 Å². The molecule has 21 heavy (non-hydrogen) atoms. The summed E-state index contributed by atoms with van der Waals surface area (Å²) in [6, 6.07) is 9.96. The van der Waals surface area contributed by atoms with Crippen molar-refractivity contribution in [3.8, 4) is 11.6 Å². The monoisotopic (exact) mass is 304 g/mol. The van der Waals surface area contributed by atoms with Gasteiger partial charge in [-0.05, 0) is 35.7 Å². The van der Waals surface area contributed by atoms with Gasteiger partial charge in [0.15, 0.2) is 0 Å². The molecule has 0 unspecified atom stereocenters. The first-order chi connectivity index (χ1) is 9.90. The lowest BCUT2D eigenvalue weighted by atomic mass is 9.87. The number of halogens is 1. The van der Waals surface area contributed by atoms with Crippen LogP contribution in [-0.4, -0.2) is 12.0 Å². The van der Waals surface area contributed by atoms with Gasteiger partial charge in [-0.3, -0.25) is 0 Å². The minimum absolute atomic E-state index is 0.136. The highest BCUT2D eigenvalue weighted by Gasteiger charge is 2.13. The minimum atomic E-state index is 0.136. The average Bonchev–Trinajstić information content (AvgIpc) is 2.42. The lowest BCUT2D eigenvalue weighted by Crippen LogP contribution is -2.10. The first-order valence-corrected chi connectivity index (χ1v) is 7.35. The van der Waals surface area contributed by atoms with E-state index in [-0.39, 0.29) is 5.41 Å². The molecule has 0 spiro atoms. The molecule has 1 heterocycles. The first kappa shape index (κ1) is 15.8. The summed E-state index contributed by atoms with van der Waals surface area (Å²) < 4.78 is 5.79. The van der Waals surface area contributed by atoms with Gasteiger partial charge < -0.3 is 10.1 Å². The van der Waals surface area contributed by atoms with Crippen LogP contribution in [-0.2, 0) is 12.0 Å². The van der Waals surface area contributed by atoms with Crippen LogP contribution in [0.4, 0.5) is 0 Å². The maximum absolute atomic E-state index is 6.09. The molecule has 1 aromatic carbocycles. The van der Waals surface area contributed by atoms with Crippen molar-refractivity contribution in [2.24, 2.45) is 0 Å². The van der Waals surface area contributed by atoms with Crippen LogP contribution in [0.15, 0.2) is 36.5 Å². The lowest BCUT2D eigenvalue weighted by Gasteiger charge is -2.19. The first-order valence-electron chi connectivity index (χ1n) is 6.97. The summed E-state index contributed by atoms with van der Waals surface area (Å²) in [7, 11) is 1.88. The van der Waals surface area contributed by atoms with Crippen LogP contribution in [0.5, 0.6) is 11.6 Å². The number of hydrogen-bond acceptors (Lipinski definition) is 3. The molecular formula is C17H21ClN2O. The number of hydrogen-bond donors (Lipinski definition) is 1. The fourth-order valence-corrected chi connectivity index (χ4v) is 2.15. The molecule has 0 amide bonds. The number of aromatic nitrogens is 1. The third-order valence-electron chi connectivity index (χ3n) is 3.22. The van der Waals surface area contributed by atoms with E-state index in [2.05, 4.69) is 43.2 Å². The Labute approximate surface area is 131 Å². The van der Waals surface area contributed by atoms with Gasteiger partial charge in [0.2, 0.25) is 5.88 Å². The number of ether oxygens (including phenoxy) is 1. The van der Waals surface area contributed by atoms with Crippen LogP contribution in [0.25, 0.3) is 0 Å². The fourth-order valence-electron chi connectivity index (χ4n) is 1.98. The molecule has 0 saturated carbocycles. The smallest absolute Gasteiger partial charge is 0.219 e. The molecule has 0 bridgehead atoms. The van der Waals surface area contributed by atoms with Crippen LogP contribution < -0.4 is 10.1 Å². The highest BCUT2D eigenvalue weighted by Crippen LogP contribution is 2.27. The van der Waals surface area contributed by atoms with Gasteiger partial charge in [-0.1, -0.05) is 44.5 Å². The molecule has 3 nitrogen and oxygen atoms in total. The average molecular weight is 305 g/mol. The van der Waals surface area contributed by atoms with Crippen LogP contribution in [0.3, 0.4) is 0 Å². The Morgan fingerprint density at radius 3 is 2.43 bits per heavy atom. The minimum Gasteiger partial charge on any atom is -0.439 e. The fraction of sp³-hybridized carbons (Fsp3) is 0.353. The number of benzene rings is 1. The standard InChI is InChI=1S/C17H21ClN2O/c1-17(2,3)13-5-7-14(8-6-13)21-16-9-12(10-19-4)15(18)11-20-16/h5-9,11,19H,10H2,1-4H3. The van der Waals surface area contributed by atoms with Crippen molar-refractivity contribution < 1.29 is 4.74 Å². The number of pyridine rings is 1. The van der Waals surface area contributed by atoms with Gasteiger partial charge in [0.05, 0.1) is 5.02 Å².